The number of ether oxygens (including phenoxy) is 2. The van der Waals surface area contributed by atoms with Gasteiger partial charge in [0.05, 0.1) is 0 Å². The molecule has 0 amide bonds. The zero-order valence-corrected chi connectivity index (χ0v) is 13.6. The van der Waals surface area contributed by atoms with Crippen LogP contribution in [0.5, 0.6) is 5.75 Å². The van der Waals surface area contributed by atoms with Crippen LogP contribution in [0.2, 0.25) is 0 Å². The monoisotopic (exact) mass is 294 g/mol. The minimum Gasteiger partial charge on any atom is -0.476 e. The molecule has 1 rings (SSSR count). The Hall–Kier alpha value is -1.55. The van der Waals surface area contributed by atoms with E-state index >= 15 is 0 Å². The summed E-state index contributed by atoms with van der Waals surface area (Å²) in [7, 11) is 0. The molecule has 0 aliphatic carbocycles. The van der Waals surface area contributed by atoms with E-state index < -0.39 is 17.2 Å². The van der Waals surface area contributed by atoms with Crippen molar-refractivity contribution in [1.82, 2.24) is 0 Å². The molecular weight excluding hydrogens is 268 g/mol. The van der Waals surface area contributed by atoms with Gasteiger partial charge in [-0.05, 0) is 65.2 Å². The number of hydrogen-bond donors (Lipinski definition) is 1. The first-order chi connectivity index (χ1) is 9.64. The van der Waals surface area contributed by atoms with Gasteiger partial charge in [0, 0.05) is 6.61 Å². The lowest BCUT2D eigenvalue weighted by Crippen LogP contribution is -2.43. The van der Waals surface area contributed by atoms with Gasteiger partial charge in [-0.3, -0.25) is 0 Å². The second-order valence-electron chi connectivity index (χ2n) is 6.59. The third kappa shape index (κ3) is 6.17. The molecule has 0 atom stereocenters. The fraction of sp³-hybridized carbons (Fsp3) is 0.588. The van der Waals surface area contributed by atoms with Crippen molar-refractivity contribution in [1.29, 1.82) is 0 Å². The molecule has 21 heavy (non-hydrogen) atoms. The molecular formula is C17H26O4. The van der Waals surface area contributed by atoms with E-state index in [2.05, 4.69) is 0 Å². The van der Waals surface area contributed by atoms with Gasteiger partial charge in [0.2, 0.25) is 0 Å². The number of hydrogen-bond acceptors (Lipinski definition) is 4. The summed E-state index contributed by atoms with van der Waals surface area (Å²) >= 11 is 0. The largest absolute Gasteiger partial charge is 0.476 e. The Bertz CT molecular complexity index is 472. The van der Waals surface area contributed by atoms with Gasteiger partial charge in [0.1, 0.15) is 11.4 Å². The van der Waals surface area contributed by atoms with E-state index in [1.165, 1.54) is 0 Å². The molecule has 1 aromatic carbocycles. The zero-order chi connectivity index (χ0) is 16.1. The van der Waals surface area contributed by atoms with E-state index in [1.54, 1.807) is 13.8 Å². The standard InChI is InChI=1S/C17H26O4/c1-16(2,3)21-15(19)17(4,5)20-14-10-6-8-13(12-14)9-7-11-18/h6,8,10,12,18H,7,9,11H2,1-5H3. The first kappa shape index (κ1) is 17.5. The number of esters is 1. The molecule has 4 nitrogen and oxygen atoms in total. The molecule has 0 spiro atoms. The maximum atomic E-state index is 12.2. The molecule has 4 heteroatoms. The highest BCUT2D eigenvalue weighted by atomic mass is 16.6. The van der Waals surface area contributed by atoms with Crippen molar-refractivity contribution < 1.29 is 19.4 Å². The number of benzene rings is 1. The lowest BCUT2D eigenvalue weighted by Gasteiger charge is -2.29. The fourth-order valence-corrected chi connectivity index (χ4v) is 1.78. The first-order valence-corrected chi connectivity index (χ1v) is 7.26. The molecule has 1 aromatic rings. The molecule has 0 fully saturated rings. The maximum absolute atomic E-state index is 12.2. The smallest absolute Gasteiger partial charge is 0.350 e. The van der Waals surface area contributed by atoms with Crippen LogP contribution in [0, 0.1) is 0 Å². The van der Waals surface area contributed by atoms with Crippen LogP contribution >= 0.6 is 0 Å². The average molecular weight is 294 g/mol. The lowest BCUT2D eigenvalue weighted by molar-refractivity contribution is -0.170. The molecule has 0 heterocycles. The van der Waals surface area contributed by atoms with E-state index in [4.69, 9.17) is 14.6 Å². The molecule has 0 unspecified atom stereocenters. The molecule has 0 aliphatic heterocycles. The average Bonchev–Trinajstić information content (AvgIpc) is 2.34. The predicted molar refractivity (Wildman–Crippen MR) is 82.4 cm³/mol. The number of aliphatic hydroxyl groups is 1. The summed E-state index contributed by atoms with van der Waals surface area (Å²) in [5.74, 6) is 0.233. The van der Waals surface area contributed by atoms with Crippen LogP contribution in [-0.2, 0) is 16.0 Å². The summed E-state index contributed by atoms with van der Waals surface area (Å²) in [6, 6.07) is 7.56. The second kappa shape index (κ2) is 6.94. The van der Waals surface area contributed by atoms with Crippen molar-refractivity contribution in [3.8, 4) is 5.75 Å². The second-order valence-corrected chi connectivity index (χ2v) is 6.59. The Balaban J connectivity index is 2.76. The summed E-state index contributed by atoms with van der Waals surface area (Å²) in [5, 5.41) is 8.87. The van der Waals surface area contributed by atoms with Crippen LogP contribution < -0.4 is 4.74 Å². The van der Waals surface area contributed by atoms with E-state index in [9.17, 15) is 4.79 Å². The quantitative estimate of drug-likeness (QED) is 0.819. The van der Waals surface area contributed by atoms with Crippen LogP contribution in [0.15, 0.2) is 24.3 Å². The van der Waals surface area contributed by atoms with Crippen molar-refractivity contribution >= 4 is 5.97 Å². The van der Waals surface area contributed by atoms with Crippen molar-refractivity contribution in [3.63, 3.8) is 0 Å². The van der Waals surface area contributed by atoms with Gasteiger partial charge in [-0.15, -0.1) is 0 Å². The summed E-state index contributed by atoms with van der Waals surface area (Å²) in [6.45, 7) is 9.04. The van der Waals surface area contributed by atoms with Crippen LogP contribution in [-0.4, -0.2) is 28.9 Å². The number of carbonyl (C=O) groups is 1. The van der Waals surface area contributed by atoms with E-state index in [0.717, 1.165) is 12.0 Å². The van der Waals surface area contributed by atoms with E-state index in [0.29, 0.717) is 12.2 Å². The van der Waals surface area contributed by atoms with Crippen LogP contribution in [0.1, 0.15) is 46.6 Å². The number of aliphatic hydroxyl groups excluding tert-OH is 1. The van der Waals surface area contributed by atoms with E-state index in [1.807, 2.05) is 45.0 Å². The SMILES string of the molecule is CC(C)(C)OC(=O)C(C)(C)Oc1cccc(CCCO)c1. The third-order valence-corrected chi connectivity index (χ3v) is 2.79. The number of aryl methyl sites for hydroxylation is 1. The predicted octanol–water partition coefficient (Wildman–Crippen LogP) is 3.11. The molecule has 0 bridgehead atoms. The van der Waals surface area contributed by atoms with Gasteiger partial charge >= 0.3 is 5.97 Å². The van der Waals surface area contributed by atoms with Crippen molar-refractivity contribution in [3.05, 3.63) is 29.8 Å². The number of carbonyl (C=O) groups excluding carboxylic acids is 1. The lowest BCUT2D eigenvalue weighted by atomic mass is 10.1. The Labute approximate surface area is 127 Å². The van der Waals surface area contributed by atoms with E-state index in [-0.39, 0.29) is 6.61 Å². The Kier molecular flexibility index (Phi) is 5.78. The summed E-state index contributed by atoms with van der Waals surface area (Å²) in [4.78, 5) is 12.2. The van der Waals surface area contributed by atoms with Gasteiger partial charge in [0.15, 0.2) is 5.60 Å². The normalized spacial score (nSPS) is 12.1. The minimum absolute atomic E-state index is 0.161. The van der Waals surface area contributed by atoms with Crippen molar-refractivity contribution in [2.45, 2.75) is 58.7 Å². The van der Waals surface area contributed by atoms with Crippen LogP contribution in [0.25, 0.3) is 0 Å². The van der Waals surface area contributed by atoms with Gasteiger partial charge in [0.25, 0.3) is 0 Å². The third-order valence-electron chi connectivity index (χ3n) is 2.79. The van der Waals surface area contributed by atoms with Gasteiger partial charge in [-0.1, -0.05) is 12.1 Å². The van der Waals surface area contributed by atoms with Crippen LogP contribution in [0.4, 0.5) is 0 Å². The molecule has 0 saturated heterocycles. The summed E-state index contributed by atoms with van der Waals surface area (Å²) in [6.07, 6.45) is 1.49. The molecule has 0 saturated carbocycles. The Morgan fingerprint density at radius 3 is 2.43 bits per heavy atom. The van der Waals surface area contributed by atoms with Gasteiger partial charge in [-0.2, -0.15) is 0 Å². The topological polar surface area (TPSA) is 55.8 Å². The highest BCUT2D eigenvalue weighted by Gasteiger charge is 2.34. The van der Waals surface area contributed by atoms with Crippen molar-refractivity contribution in [2.24, 2.45) is 0 Å². The number of rotatable bonds is 6. The highest BCUT2D eigenvalue weighted by Crippen LogP contribution is 2.23. The molecule has 1 N–H and O–H groups in total. The fourth-order valence-electron chi connectivity index (χ4n) is 1.78. The first-order valence-electron chi connectivity index (χ1n) is 7.26. The van der Waals surface area contributed by atoms with Gasteiger partial charge in [-0.25, -0.2) is 4.79 Å². The molecule has 0 radical (unpaired) electrons. The van der Waals surface area contributed by atoms with Crippen LogP contribution in [0.3, 0.4) is 0 Å². The maximum Gasteiger partial charge on any atom is 0.350 e. The molecule has 0 aromatic heterocycles. The minimum atomic E-state index is -1.05. The Morgan fingerprint density at radius 2 is 1.86 bits per heavy atom. The highest BCUT2D eigenvalue weighted by molar-refractivity contribution is 5.79. The summed E-state index contributed by atoms with van der Waals surface area (Å²) < 4.78 is 11.2. The Morgan fingerprint density at radius 1 is 1.19 bits per heavy atom. The molecule has 0 aliphatic rings. The zero-order valence-electron chi connectivity index (χ0n) is 13.6. The summed E-state index contributed by atoms with van der Waals surface area (Å²) in [5.41, 5.74) is -0.523. The van der Waals surface area contributed by atoms with Gasteiger partial charge < -0.3 is 14.6 Å². The molecule has 118 valence electrons. The van der Waals surface area contributed by atoms with Crippen molar-refractivity contribution in [2.75, 3.05) is 6.61 Å².